The van der Waals surface area contributed by atoms with Crippen molar-refractivity contribution in [2.75, 3.05) is 0 Å². The minimum Gasteiger partial charge on any atom is -0.389 e. The third-order valence-electron chi connectivity index (χ3n) is 3.22. The molecule has 2 N–H and O–H groups in total. The van der Waals surface area contributed by atoms with Gasteiger partial charge >= 0.3 is 5.69 Å². The van der Waals surface area contributed by atoms with Crippen LogP contribution in [0.15, 0.2) is 33.0 Å². The number of hydrogen-bond donors (Lipinski definition) is 2. The van der Waals surface area contributed by atoms with Crippen LogP contribution in [-0.2, 0) is 0 Å². The number of aromatic nitrogens is 3. The maximum atomic E-state index is 14.0. The van der Waals surface area contributed by atoms with Crippen molar-refractivity contribution in [1.82, 2.24) is 14.8 Å². The highest BCUT2D eigenvalue weighted by Crippen LogP contribution is 2.38. The zero-order chi connectivity index (χ0) is 14.3. The van der Waals surface area contributed by atoms with Gasteiger partial charge in [0.25, 0.3) is 0 Å². The zero-order valence-corrected chi connectivity index (χ0v) is 11.7. The van der Waals surface area contributed by atoms with E-state index >= 15 is 0 Å². The Hall–Kier alpha value is -1.60. The van der Waals surface area contributed by atoms with Crippen LogP contribution in [0.4, 0.5) is 4.39 Å². The molecule has 1 aliphatic carbocycles. The predicted octanol–water partition coefficient (Wildman–Crippen LogP) is 2.25. The van der Waals surface area contributed by atoms with E-state index in [0.29, 0.717) is 15.6 Å². The number of H-pyrrole nitrogens is 1. The van der Waals surface area contributed by atoms with Gasteiger partial charge in [-0.15, -0.1) is 5.10 Å². The van der Waals surface area contributed by atoms with Gasteiger partial charge in [0.1, 0.15) is 5.82 Å². The number of nitrogens with zero attached hydrogens (tertiary/aromatic N) is 2. The fourth-order valence-electron chi connectivity index (χ4n) is 1.98. The van der Waals surface area contributed by atoms with Crippen LogP contribution in [0, 0.1) is 5.82 Å². The summed E-state index contributed by atoms with van der Waals surface area (Å²) in [6.07, 6.45) is 1.20. The van der Waals surface area contributed by atoms with Crippen LogP contribution < -0.4 is 5.69 Å². The van der Waals surface area contributed by atoms with E-state index < -0.39 is 11.9 Å². The molecule has 1 saturated carbocycles. The summed E-state index contributed by atoms with van der Waals surface area (Å²) in [4.78, 5) is 12.0. The number of hydrogen-bond acceptors (Lipinski definition) is 4. The van der Waals surface area contributed by atoms with Gasteiger partial charge in [-0.1, -0.05) is 6.07 Å². The van der Waals surface area contributed by atoms with Crippen molar-refractivity contribution in [3.63, 3.8) is 0 Å². The molecule has 0 unspecified atom stereocenters. The lowest BCUT2D eigenvalue weighted by Gasteiger charge is -2.08. The van der Waals surface area contributed by atoms with Gasteiger partial charge in [-0.3, -0.25) is 4.57 Å². The van der Waals surface area contributed by atoms with Crippen LogP contribution in [0.2, 0.25) is 0 Å². The fraction of sp³-hybridized carbons (Fsp3) is 0.385. The molecule has 1 aromatic carbocycles. The monoisotopic (exact) mass is 295 g/mol. The molecular formula is C13H14FN3O2S. The second-order valence-electron chi connectivity index (χ2n) is 4.88. The van der Waals surface area contributed by atoms with Crippen LogP contribution >= 0.6 is 11.8 Å². The van der Waals surface area contributed by atoms with Crippen molar-refractivity contribution in [1.29, 1.82) is 0 Å². The van der Waals surface area contributed by atoms with Gasteiger partial charge in [0.15, 0.2) is 5.16 Å². The standard InChI is InChI=1S/C13H14FN3O2S/c1-7(18)8-2-5-11(10(14)6-8)20-13-16-15-12(19)17(13)9-3-4-9/h2,5-7,9,18H,3-4H2,1H3,(H,15,19)/t7-/m1/s1. The first kappa shape index (κ1) is 13.4. The summed E-state index contributed by atoms with van der Waals surface area (Å²) in [5, 5.41) is 16.2. The summed E-state index contributed by atoms with van der Waals surface area (Å²) >= 11 is 1.11. The maximum absolute atomic E-state index is 14.0. The molecule has 5 nitrogen and oxygen atoms in total. The molecule has 1 fully saturated rings. The number of benzene rings is 1. The average Bonchev–Trinajstić information content (AvgIpc) is 3.17. The van der Waals surface area contributed by atoms with Crippen LogP contribution in [0.25, 0.3) is 0 Å². The molecule has 1 aromatic heterocycles. The molecule has 0 saturated heterocycles. The van der Waals surface area contributed by atoms with Gasteiger partial charge in [0.2, 0.25) is 0 Å². The highest BCUT2D eigenvalue weighted by molar-refractivity contribution is 7.99. The summed E-state index contributed by atoms with van der Waals surface area (Å²) in [6, 6.07) is 4.75. The largest absolute Gasteiger partial charge is 0.389 e. The van der Waals surface area contributed by atoms with Crippen molar-refractivity contribution < 1.29 is 9.50 Å². The first-order valence-corrected chi connectivity index (χ1v) is 7.20. The Kier molecular flexibility index (Phi) is 3.39. The second-order valence-corrected chi connectivity index (χ2v) is 5.89. The Morgan fingerprint density at radius 2 is 2.30 bits per heavy atom. The minimum atomic E-state index is -0.710. The lowest BCUT2D eigenvalue weighted by Crippen LogP contribution is -2.16. The zero-order valence-electron chi connectivity index (χ0n) is 10.8. The number of halogens is 1. The van der Waals surface area contributed by atoms with Gasteiger partial charge in [0.05, 0.1) is 11.0 Å². The molecule has 106 valence electrons. The maximum Gasteiger partial charge on any atom is 0.344 e. The summed E-state index contributed by atoms with van der Waals surface area (Å²) in [6.45, 7) is 1.58. The molecule has 1 heterocycles. The number of nitrogens with one attached hydrogen (secondary N) is 1. The van der Waals surface area contributed by atoms with Crippen LogP contribution in [0.3, 0.4) is 0 Å². The second kappa shape index (κ2) is 5.06. The van der Waals surface area contributed by atoms with Gasteiger partial charge in [-0.05, 0) is 49.2 Å². The van der Waals surface area contributed by atoms with E-state index in [1.807, 2.05) is 0 Å². The Balaban J connectivity index is 1.90. The van der Waals surface area contributed by atoms with E-state index in [0.717, 1.165) is 24.6 Å². The lowest BCUT2D eigenvalue weighted by molar-refractivity contribution is 0.198. The summed E-state index contributed by atoms with van der Waals surface area (Å²) in [5.74, 6) is -0.425. The van der Waals surface area contributed by atoms with E-state index in [1.54, 1.807) is 23.6 Å². The molecule has 0 aliphatic heterocycles. The first-order chi connectivity index (χ1) is 9.56. The molecule has 0 spiro atoms. The smallest absolute Gasteiger partial charge is 0.344 e. The molecule has 0 radical (unpaired) electrons. The molecule has 0 bridgehead atoms. The Morgan fingerprint density at radius 3 is 2.90 bits per heavy atom. The number of aromatic amines is 1. The van der Waals surface area contributed by atoms with Crippen LogP contribution in [-0.4, -0.2) is 19.9 Å². The van der Waals surface area contributed by atoms with E-state index in [1.165, 1.54) is 6.07 Å². The Morgan fingerprint density at radius 1 is 1.55 bits per heavy atom. The summed E-state index contributed by atoms with van der Waals surface area (Å²) < 4.78 is 15.6. The number of aliphatic hydroxyl groups is 1. The fourth-order valence-corrected chi connectivity index (χ4v) is 2.89. The molecule has 7 heteroatoms. The minimum absolute atomic E-state index is 0.184. The summed E-state index contributed by atoms with van der Waals surface area (Å²) in [7, 11) is 0. The van der Waals surface area contributed by atoms with Crippen molar-refractivity contribution >= 4 is 11.8 Å². The number of rotatable bonds is 4. The normalized spacial score (nSPS) is 16.4. The molecule has 1 atom stereocenters. The van der Waals surface area contributed by atoms with E-state index in [-0.39, 0.29) is 11.7 Å². The molecule has 0 amide bonds. The topological polar surface area (TPSA) is 70.9 Å². The Bertz CT molecular complexity index is 691. The van der Waals surface area contributed by atoms with E-state index in [9.17, 15) is 14.3 Å². The highest BCUT2D eigenvalue weighted by atomic mass is 32.2. The molecular weight excluding hydrogens is 281 g/mol. The van der Waals surface area contributed by atoms with Gasteiger partial charge < -0.3 is 5.11 Å². The molecule has 20 heavy (non-hydrogen) atoms. The molecule has 3 rings (SSSR count). The van der Waals surface area contributed by atoms with Gasteiger partial charge in [-0.2, -0.15) is 0 Å². The van der Waals surface area contributed by atoms with Crippen molar-refractivity contribution in [2.24, 2.45) is 0 Å². The van der Waals surface area contributed by atoms with Crippen molar-refractivity contribution in [2.45, 2.75) is 42.0 Å². The third-order valence-corrected chi connectivity index (χ3v) is 4.25. The Labute approximate surface area is 118 Å². The van der Waals surface area contributed by atoms with Gasteiger partial charge in [0, 0.05) is 6.04 Å². The van der Waals surface area contributed by atoms with Crippen LogP contribution in [0.1, 0.15) is 37.5 Å². The lowest BCUT2D eigenvalue weighted by atomic mass is 10.1. The van der Waals surface area contributed by atoms with Crippen LogP contribution in [0.5, 0.6) is 0 Å². The predicted molar refractivity (Wildman–Crippen MR) is 72.3 cm³/mol. The first-order valence-electron chi connectivity index (χ1n) is 6.38. The highest BCUT2D eigenvalue weighted by Gasteiger charge is 2.29. The van der Waals surface area contributed by atoms with Crippen molar-refractivity contribution in [3.8, 4) is 0 Å². The van der Waals surface area contributed by atoms with Crippen molar-refractivity contribution in [3.05, 3.63) is 40.1 Å². The summed E-state index contributed by atoms with van der Waals surface area (Å²) in [5.41, 5.74) is 0.268. The van der Waals surface area contributed by atoms with E-state index in [2.05, 4.69) is 10.2 Å². The molecule has 2 aromatic rings. The van der Waals surface area contributed by atoms with E-state index in [4.69, 9.17) is 0 Å². The average molecular weight is 295 g/mol. The SMILES string of the molecule is C[C@@H](O)c1ccc(Sc2n[nH]c(=O)n2C2CC2)c(F)c1. The third kappa shape index (κ3) is 2.51. The van der Waals surface area contributed by atoms with Gasteiger partial charge in [-0.25, -0.2) is 14.3 Å². The quantitative estimate of drug-likeness (QED) is 0.907. The number of aliphatic hydroxyl groups excluding tert-OH is 1. The molecule has 1 aliphatic rings.